The number of carbonyl (C=O) groups excluding carboxylic acids is 1. The van der Waals surface area contributed by atoms with Gasteiger partial charge in [-0.2, -0.15) is 0 Å². The van der Waals surface area contributed by atoms with Crippen molar-refractivity contribution in [2.24, 2.45) is 0 Å². The number of aromatic nitrogens is 4. The molecule has 1 aromatic carbocycles. The third kappa shape index (κ3) is 3.24. The van der Waals surface area contributed by atoms with Crippen LogP contribution in [0.25, 0.3) is 5.57 Å². The van der Waals surface area contributed by atoms with E-state index in [-0.39, 0.29) is 17.9 Å². The molecule has 2 aromatic rings. The Bertz CT molecular complexity index is 811. The normalized spacial score (nSPS) is 18.2. The van der Waals surface area contributed by atoms with E-state index in [9.17, 15) is 9.18 Å². The number of halogens is 1. The molecule has 1 saturated carbocycles. The molecule has 1 unspecified atom stereocenters. The zero-order valence-corrected chi connectivity index (χ0v) is 13.9. The van der Waals surface area contributed by atoms with Gasteiger partial charge in [-0.3, -0.25) is 0 Å². The van der Waals surface area contributed by atoms with Crippen LogP contribution in [-0.2, 0) is 0 Å². The fraction of sp³-hybridized carbons (Fsp3) is 0.412. The summed E-state index contributed by atoms with van der Waals surface area (Å²) in [4.78, 5) is 14.2. The number of benzene rings is 1. The van der Waals surface area contributed by atoms with Gasteiger partial charge >= 0.3 is 6.03 Å². The van der Waals surface area contributed by atoms with Gasteiger partial charge in [-0.15, -0.1) is 5.10 Å². The maximum absolute atomic E-state index is 13.0. The predicted molar refractivity (Wildman–Crippen MR) is 89.0 cm³/mol. The van der Waals surface area contributed by atoms with Crippen molar-refractivity contribution < 1.29 is 9.18 Å². The van der Waals surface area contributed by atoms with Gasteiger partial charge in [0.15, 0.2) is 5.82 Å². The second kappa shape index (κ2) is 6.27. The van der Waals surface area contributed by atoms with Crippen molar-refractivity contribution in [1.82, 2.24) is 30.4 Å². The molecule has 2 aliphatic rings. The fourth-order valence-corrected chi connectivity index (χ4v) is 2.99. The molecular weight excluding hydrogens is 323 g/mol. The molecule has 1 aromatic heterocycles. The van der Waals surface area contributed by atoms with E-state index in [1.165, 1.54) is 12.1 Å². The third-order valence-electron chi connectivity index (χ3n) is 4.56. The summed E-state index contributed by atoms with van der Waals surface area (Å²) in [6.45, 7) is 2.91. The van der Waals surface area contributed by atoms with Crippen molar-refractivity contribution in [3.05, 3.63) is 47.5 Å². The molecule has 8 heteroatoms. The number of hydrogen-bond donors (Lipinski definition) is 1. The second-order valence-corrected chi connectivity index (χ2v) is 6.50. The van der Waals surface area contributed by atoms with Gasteiger partial charge in [-0.05, 0) is 53.5 Å². The van der Waals surface area contributed by atoms with Gasteiger partial charge in [0.2, 0.25) is 0 Å². The number of urea groups is 1. The number of carbonyl (C=O) groups is 1. The molecule has 1 fully saturated rings. The van der Waals surface area contributed by atoms with E-state index in [0.717, 1.165) is 24.0 Å². The van der Waals surface area contributed by atoms with Gasteiger partial charge in [-0.25, -0.2) is 13.9 Å². The maximum Gasteiger partial charge on any atom is 0.318 e. The number of amides is 2. The van der Waals surface area contributed by atoms with Gasteiger partial charge in [0.1, 0.15) is 5.82 Å². The summed E-state index contributed by atoms with van der Waals surface area (Å²) in [6.07, 6.45) is 4.15. The highest BCUT2D eigenvalue weighted by atomic mass is 19.1. The van der Waals surface area contributed by atoms with E-state index in [2.05, 4.69) is 20.8 Å². The van der Waals surface area contributed by atoms with Crippen LogP contribution >= 0.6 is 0 Å². The minimum absolute atomic E-state index is 0.161. The van der Waals surface area contributed by atoms with Crippen LogP contribution in [0.2, 0.25) is 0 Å². The molecule has 1 aliphatic carbocycles. The molecule has 0 bridgehead atoms. The summed E-state index contributed by atoms with van der Waals surface area (Å²) in [5, 5.41) is 14.7. The Morgan fingerprint density at radius 2 is 2.08 bits per heavy atom. The maximum atomic E-state index is 13.0. The van der Waals surface area contributed by atoms with E-state index in [1.807, 2.05) is 13.0 Å². The summed E-state index contributed by atoms with van der Waals surface area (Å²) in [7, 11) is 0. The van der Waals surface area contributed by atoms with Crippen molar-refractivity contribution in [3.8, 4) is 0 Å². The van der Waals surface area contributed by atoms with E-state index in [1.54, 1.807) is 21.7 Å². The zero-order valence-electron chi connectivity index (χ0n) is 13.9. The first kappa shape index (κ1) is 15.7. The van der Waals surface area contributed by atoms with Crippen LogP contribution in [0.15, 0.2) is 30.3 Å². The monoisotopic (exact) mass is 342 g/mol. The van der Waals surface area contributed by atoms with Gasteiger partial charge < -0.3 is 10.2 Å². The summed E-state index contributed by atoms with van der Waals surface area (Å²) in [5.74, 6) is 0.418. The molecule has 0 radical (unpaired) electrons. The molecule has 1 N–H and O–H groups in total. The fourth-order valence-electron chi connectivity index (χ4n) is 2.99. The zero-order chi connectivity index (χ0) is 17.4. The Labute approximate surface area is 144 Å². The van der Waals surface area contributed by atoms with Crippen LogP contribution in [0.4, 0.5) is 9.18 Å². The SMILES string of the molecule is CC(NC(=O)N1CC=C(c2ccc(F)cc2)C1)c1nnnn1C1CC1. The smallest absolute Gasteiger partial charge is 0.318 e. The minimum atomic E-state index is -0.266. The van der Waals surface area contributed by atoms with Crippen LogP contribution in [0.3, 0.4) is 0 Å². The van der Waals surface area contributed by atoms with Crippen LogP contribution in [0.1, 0.15) is 43.2 Å². The Morgan fingerprint density at radius 1 is 1.32 bits per heavy atom. The molecule has 2 heterocycles. The number of hydrogen-bond acceptors (Lipinski definition) is 4. The number of rotatable bonds is 4. The van der Waals surface area contributed by atoms with Gasteiger partial charge in [0, 0.05) is 13.1 Å². The van der Waals surface area contributed by atoms with Crippen molar-refractivity contribution in [1.29, 1.82) is 0 Å². The Kier molecular flexibility index (Phi) is 3.95. The first-order valence-corrected chi connectivity index (χ1v) is 8.40. The average Bonchev–Trinajstić information content (AvgIpc) is 3.13. The lowest BCUT2D eigenvalue weighted by Crippen LogP contribution is -2.40. The Morgan fingerprint density at radius 3 is 2.80 bits per heavy atom. The molecular formula is C17H19FN6O. The molecule has 130 valence electrons. The largest absolute Gasteiger partial charge is 0.328 e. The third-order valence-corrected chi connectivity index (χ3v) is 4.56. The number of nitrogens with one attached hydrogen (secondary N) is 1. The Hall–Kier alpha value is -2.77. The lowest BCUT2D eigenvalue weighted by atomic mass is 10.1. The molecule has 2 amide bonds. The Balaban J connectivity index is 1.37. The van der Waals surface area contributed by atoms with E-state index in [4.69, 9.17) is 0 Å². The van der Waals surface area contributed by atoms with Crippen molar-refractivity contribution in [3.63, 3.8) is 0 Å². The van der Waals surface area contributed by atoms with Gasteiger partial charge in [0.05, 0.1) is 12.1 Å². The van der Waals surface area contributed by atoms with Crippen LogP contribution in [0.5, 0.6) is 0 Å². The first-order valence-electron chi connectivity index (χ1n) is 8.40. The van der Waals surface area contributed by atoms with Crippen molar-refractivity contribution >= 4 is 11.6 Å². The second-order valence-electron chi connectivity index (χ2n) is 6.50. The quantitative estimate of drug-likeness (QED) is 0.925. The summed E-state index contributed by atoms with van der Waals surface area (Å²) in [5.41, 5.74) is 1.95. The highest BCUT2D eigenvalue weighted by molar-refractivity contribution is 5.80. The van der Waals surface area contributed by atoms with E-state index < -0.39 is 0 Å². The summed E-state index contributed by atoms with van der Waals surface area (Å²) >= 11 is 0. The van der Waals surface area contributed by atoms with Crippen LogP contribution in [-0.4, -0.2) is 44.2 Å². The lowest BCUT2D eigenvalue weighted by Gasteiger charge is -2.20. The topological polar surface area (TPSA) is 75.9 Å². The molecule has 1 atom stereocenters. The molecule has 0 spiro atoms. The first-order chi connectivity index (χ1) is 12.1. The highest BCUT2D eigenvalue weighted by Gasteiger charge is 2.30. The van der Waals surface area contributed by atoms with E-state index in [0.29, 0.717) is 25.0 Å². The highest BCUT2D eigenvalue weighted by Crippen LogP contribution is 2.35. The summed E-state index contributed by atoms with van der Waals surface area (Å²) < 4.78 is 14.8. The lowest BCUT2D eigenvalue weighted by molar-refractivity contribution is 0.207. The van der Waals surface area contributed by atoms with E-state index >= 15 is 0 Å². The van der Waals surface area contributed by atoms with Gasteiger partial charge in [0.25, 0.3) is 0 Å². The van der Waals surface area contributed by atoms with Gasteiger partial charge in [-0.1, -0.05) is 18.2 Å². The minimum Gasteiger partial charge on any atom is -0.328 e. The van der Waals surface area contributed by atoms with Crippen molar-refractivity contribution in [2.75, 3.05) is 13.1 Å². The average molecular weight is 342 g/mol. The van der Waals surface area contributed by atoms with Crippen molar-refractivity contribution in [2.45, 2.75) is 31.8 Å². The number of tetrazole rings is 1. The molecule has 1 aliphatic heterocycles. The van der Waals surface area contributed by atoms with Crippen LogP contribution < -0.4 is 5.32 Å². The molecule has 0 saturated heterocycles. The number of nitrogens with zero attached hydrogens (tertiary/aromatic N) is 5. The molecule has 4 rings (SSSR count). The standard InChI is InChI=1S/C17H19FN6O/c1-11(16-20-21-22-24(16)15-6-7-15)19-17(25)23-9-8-13(10-23)12-2-4-14(18)5-3-12/h2-5,8,11,15H,6-7,9-10H2,1H3,(H,19,25). The molecule has 25 heavy (non-hydrogen) atoms. The summed E-state index contributed by atoms with van der Waals surface area (Å²) in [6, 6.07) is 6.26. The van der Waals surface area contributed by atoms with Crippen LogP contribution in [0, 0.1) is 5.82 Å². The predicted octanol–water partition coefficient (Wildman–Crippen LogP) is 2.32. The molecule has 7 nitrogen and oxygen atoms in total.